The topological polar surface area (TPSA) is 49.3 Å². The summed E-state index contributed by atoms with van der Waals surface area (Å²) < 4.78 is 0. The Bertz CT molecular complexity index is 631. The molecule has 98 valence electrons. The fourth-order valence-electron chi connectivity index (χ4n) is 1.57. The highest BCUT2D eigenvalue weighted by Gasteiger charge is 2.10. The molecule has 0 radical (unpaired) electrons. The van der Waals surface area contributed by atoms with Crippen LogP contribution in [0.25, 0.3) is 0 Å². The number of carbonyl (C=O) groups is 1. The minimum absolute atomic E-state index is 0.0618. The van der Waals surface area contributed by atoms with Gasteiger partial charge in [0.2, 0.25) is 0 Å². The van der Waals surface area contributed by atoms with E-state index in [1.807, 2.05) is 29.1 Å². The second-order valence-corrected chi connectivity index (χ2v) is 5.61. The molecule has 0 bridgehead atoms. The molecule has 0 aliphatic carbocycles. The number of carbonyl (C=O) groups excluding carboxylic acids is 1. The van der Waals surface area contributed by atoms with Crippen molar-refractivity contribution >= 4 is 28.6 Å². The van der Waals surface area contributed by atoms with Gasteiger partial charge in [0.1, 0.15) is 6.61 Å². The Morgan fingerprint density at radius 3 is 3.00 bits per heavy atom. The van der Waals surface area contributed by atoms with Gasteiger partial charge in [0, 0.05) is 15.8 Å². The molecule has 0 fully saturated rings. The predicted octanol–water partition coefficient (Wildman–Crippen LogP) is 2.39. The van der Waals surface area contributed by atoms with Gasteiger partial charge in [-0.1, -0.05) is 11.8 Å². The van der Waals surface area contributed by atoms with E-state index in [2.05, 4.69) is 17.2 Å². The van der Waals surface area contributed by atoms with E-state index in [9.17, 15) is 4.79 Å². The van der Waals surface area contributed by atoms with Crippen molar-refractivity contribution in [3.05, 3.63) is 43.8 Å². The lowest BCUT2D eigenvalue weighted by Crippen LogP contribution is -2.22. The van der Waals surface area contributed by atoms with Crippen LogP contribution in [0.3, 0.4) is 0 Å². The number of aryl methyl sites for hydroxylation is 1. The van der Waals surface area contributed by atoms with Crippen molar-refractivity contribution in [3.8, 4) is 11.8 Å². The van der Waals surface area contributed by atoms with Gasteiger partial charge in [0.15, 0.2) is 0 Å². The van der Waals surface area contributed by atoms with E-state index in [-0.39, 0.29) is 12.5 Å². The van der Waals surface area contributed by atoms with Crippen LogP contribution in [0.5, 0.6) is 0 Å². The fourth-order valence-corrected chi connectivity index (χ4v) is 3.17. The zero-order chi connectivity index (χ0) is 13.7. The number of nitrogens with one attached hydrogen (secondary N) is 1. The van der Waals surface area contributed by atoms with Gasteiger partial charge >= 0.3 is 0 Å². The van der Waals surface area contributed by atoms with E-state index in [0.717, 1.165) is 21.6 Å². The minimum atomic E-state index is -0.157. The molecule has 0 atom stereocenters. The van der Waals surface area contributed by atoms with Gasteiger partial charge < -0.3 is 10.4 Å². The van der Waals surface area contributed by atoms with E-state index < -0.39 is 0 Å². The lowest BCUT2D eigenvalue weighted by Gasteiger charge is -2.03. The van der Waals surface area contributed by atoms with Crippen LogP contribution in [0, 0.1) is 18.8 Å². The van der Waals surface area contributed by atoms with Crippen LogP contribution in [-0.2, 0) is 6.54 Å². The van der Waals surface area contributed by atoms with Crippen LogP contribution < -0.4 is 5.32 Å². The summed E-state index contributed by atoms with van der Waals surface area (Å²) in [6.45, 7) is 2.23. The van der Waals surface area contributed by atoms with E-state index in [4.69, 9.17) is 5.11 Å². The first kappa shape index (κ1) is 13.8. The molecule has 2 aromatic rings. The van der Waals surface area contributed by atoms with Gasteiger partial charge in [-0.3, -0.25) is 4.79 Å². The molecule has 2 aromatic heterocycles. The van der Waals surface area contributed by atoms with E-state index in [1.54, 1.807) is 11.3 Å². The molecule has 0 aliphatic heterocycles. The van der Waals surface area contributed by atoms with Gasteiger partial charge in [0.25, 0.3) is 5.91 Å². The van der Waals surface area contributed by atoms with Crippen molar-refractivity contribution in [2.45, 2.75) is 13.5 Å². The SMILES string of the molecule is Cc1cscc1C(=O)NCc1sccc1C#CCO. The molecule has 0 saturated carbocycles. The first-order valence-corrected chi connectivity index (χ1v) is 7.51. The van der Waals surface area contributed by atoms with Gasteiger partial charge in [-0.15, -0.1) is 11.3 Å². The molecule has 0 spiro atoms. The lowest BCUT2D eigenvalue weighted by molar-refractivity contribution is 0.0951. The number of rotatable bonds is 3. The van der Waals surface area contributed by atoms with Crippen LogP contribution in [0.2, 0.25) is 0 Å². The molecule has 0 saturated heterocycles. The molecule has 2 rings (SSSR count). The van der Waals surface area contributed by atoms with Crippen molar-refractivity contribution in [1.29, 1.82) is 0 Å². The van der Waals surface area contributed by atoms with Crippen molar-refractivity contribution in [2.75, 3.05) is 6.61 Å². The maximum atomic E-state index is 12.0. The highest BCUT2D eigenvalue weighted by molar-refractivity contribution is 7.10. The summed E-state index contributed by atoms with van der Waals surface area (Å²) in [5, 5.41) is 17.3. The molecular weight excluding hydrogens is 278 g/mol. The quantitative estimate of drug-likeness (QED) is 0.853. The maximum Gasteiger partial charge on any atom is 0.252 e. The van der Waals surface area contributed by atoms with Crippen LogP contribution in [0.4, 0.5) is 0 Å². The Hall–Kier alpha value is -1.61. The second kappa shape index (κ2) is 6.53. The van der Waals surface area contributed by atoms with Gasteiger partial charge in [0.05, 0.1) is 12.1 Å². The molecule has 1 amide bonds. The number of hydrogen-bond acceptors (Lipinski definition) is 4. The Balaban J connectivity index is 2.02. The van der Waals surface area contributed by atoms with Gasteiger partial charge in [-0.25, -0.2) is 0 Å². The Morgan fingerprint density at radius 2 is 2.32 bits per heavy atom. The molecule has 0 aliphatic rings. The van der Waals surface area contributed by atoms with Crippen molar-refractivity contribution in [3.63, 3.8) is 0 Å². The highest BCUT2D eigenvalue weighted by atomic mass is 32.1. The fraction of sp³-hybridized carbons (Fsp3) is 0.214. The Labute approximate surface area is 119 Å². The normalized spacial score (nSPS) is 9.79. The summed E-state index contributed by atoms with van der Waals surface area (Å²) in [6.07, 6.45) is 0. The second-order valence-electron chi connectivity index (χ2n) is 3.87. The Morgan fingerprint density at radius 1 is 1.47 bits per heavy atom. The molecule has 0 unspecified atom stereocenters. The molecule has 2 N–H and O–H groups in total. The van der Waals surface area contributed by atoms with Crippen LogP contribution in [0.1, 0.15) is 26.4 Å². The van der Waals surface area contributed by atoms with Gasteiger partial charge in [-0.2, -0.15) is 11.3 Å². The summed E-state index contributed by atoms with van der Waals surface area (Å²) >= 11 is 3.07. The van der Waals surface area contributed by atoms with Crippen molar-refractivity contribution < 1.29 is 9.90 Å². The van der Waals surface area contributed by atoms with Crippen LogP contribution in [0.15, 0.2) is 22.2 Å². The first-order chi connectivity index (χ1) is 9.22. The summed E-state index contributed by atoms with van der Waals surface area (Å²) in [7, 11) is 0. The molecule has 5 heteroatoms. The van der Waals surface area contributed by atoms with Crippen LogP contribution in [-0.4, -0.2) is 17.6 Å². The average molecular weight is 291 g/mol. The third-order valence-corrected chi connectivity index (χ3v) is 4.34. The minimum Gasteiger partial charge on any atom is -0.384 e. The standard InChI is InChI=1S/C14H13NO2S2/c1-10-8-18-9-12(10)14(17)15-7-13-11(3-2-5-16)4-6-19-13/h4,6,8-9,16H,5,7H2,1H3,(H,15,17). The maximum absolute atomic E-state index is 12.0. The summed E-state index contributed by atoms with van der Waals surface area (Å²) in [5.41, 5.74) is 2.58. The third kappa shape index (κ3) is 3.44. The van der Waals surface area contributed by atoms with Gasteiger partial charge in [-0.05, 0) is 29.3 Å². The largest absolute Gasteiger partial charge is 0.384 e. The average Bonchev–Trinajstić information content (AvgIpc) is 3.02. The first-order valence-electron chi connectivity index (χ1n) is 5.69. The number of thiophene rings is 2. The smallest absolute Gasteiger partial charge is 0.252 e. The van der Waals surface area contributed by atoms with Crippen molar-refractivity contribution in [1.82, 2.24) is 5.32 Å². The lowest BCUT2D eigenvalue weighted by atomic mass is 10.2. The number of hydrogen-bond donors (Lipinski definition) is 2. The molecule has 0 aromatic carbocycles. The Kier molecular flexibility index (Phi) is 4.74. The van der Waals surface area contributed by atoms with Crippen LogP contribution >= 0.6 is 22.7 Å². The predicted molar refractivity (Wildman–Crippen MR) is 78.5 cm³/mol. The molecule has 2 heterocycles. The summed E-state index contributed by atoms with van der Waals surface area (Å²) in [6, 6.07) is 1.89. The van der Waals surface area contributed by atoms with Crippen molar-refractivity contribution in [2.24, 2.45) is 0 Å². The molecule has 3 nitrogen and oxygen atoms in total. The molecular formula is C14H13NO2S2. The monoisotopic (exact) mass is 291 g/mol. The van der Waals surface area contributed by atoms with E-state index >= 15 is 0 Å². The summed E-state index contributed by atoms with van der Waals surface area (Å²) in [4.78, 5) is 13.0. The number of amides is 1. The molecule has 19 heavy (non-hydrogen) atoms. The zero-order valence-electron chi connectivity index (χ0n) is 10.4. The van der Waals surface area contributed by atoms with E-state index in [1.165, 1.54) is 11.3 Å². The number of aliphatic hydroxyl groups excluding tert-OH is 1. The van der Waals surface area contributed by atoms with E-state index in [0.29, 0.717) is 6.54 Å². The number of aliphatic hydroxyl groups is 1. The highest BCUT2D eigenvalue weighted by Crippen LogP contribution is 2.17. The summed E-state index contributed by atoms with van der Waals surface area (Å²) in [5.74, 6) is 5.43. The third-order valence-electron chi connectivity index (χ3n) is 2.56. The zero-order valence-corrected chi connectivity index (χ0v) is 12.0.